The van der Waals surface area contributed by atoms with Crippen molar-refractivity contribution in [2.75, 3.05) is 5.32 Å². The van der Waals surface area contributed by atoms with Crippen LogP contribution in [0.25, 0.3) is 10.2 Å². The van der Waals surface area contributed by atoms with Crippen LogP contribution in [0.1, 0.15) is 10.4 Å². The monoisotopic (exact) mass is 270 g/mol. The van der Waals surface area contributed by atoms with E-state index in [1.54, 1.807) is 11.6 Å². The predicted molar refractivity (Wildman–Crippen MR) is 76.3 cm³/mol. The van der Waals surface area contributed by atoms with Gasteiger partial charge in [-0.1, -0.05) is 18.2 Å². The van der Waals surface area contributed by atoms with Crippen molar-refractivity contribution in [2.45, 2.75) is 0 Å². The highest BCUT2D eigenvalue weighted by molar-refractivity contribution is 7.16. The Kier molecular flexibility index (Phi) is 2.89. The van der Waals surface area contributed by atoms with Gasteiger partial charge in [-0.05, 0) is 24.3 Å². The Balaban J connectivity index is 2.07. The molecule has 0 bridgehead atoms. The molecule has 0 spiro atoms. The summed E-state index contributed by atoms with van der Waals surface area (Å²) in [6.07, 6.45) is 0. The molecule has 19 heavy (non-hydrogen) atoms. The molecule has 5 heteroatoms. The molecular formula is C14H10N2O2S. The maximum atomic E-state index is 11.3. The number of aromatic carboxylic acids is 1. The van der Waals surface area contributed by atoms with Crippen LogP contribution in [0.5, 0.6) is 0 Å². The van der Waals surface area contributed by atoms with Crippen LogP contribution in [0.2, 0.25) is 0 Å². The number of nitrogens with one attached hydrogen (secondary N) is 1. The van der Waals surface area contributed by atoms with Gasteiger partial charge in [0.05, 0.1) is 21.3 Å². The van der Waals surface area contributed by atoms with Crippen LogP contribution in [0.15, 0.2) is 48.0 Å². The molecule has 0 amide bonds. The molecule has 0 aliphatic carbocycles. The van der Waals surface area contributed by atoms with Gasteiger partial charge in [0.25, 0.3) is 0 Å². The number of benzene rings is 2. The first kappa shape index (κ1) is 11.7. The van der Waals surface area contributed by atoms with Gasteiger partial charge in [0, 0.05) is 11.4 Å². The molecule has 0 radical (unpaired) electrons. The van der Waals surface area contributed by atoms with E-state index in [1.165, 1.54) is 11.3 Å². The highest BCUT2D eigenvalue weighted by Gasteiger charge is 2.12. The number of aromatic nitrogens is 1. The third-order valence-electron chi connectivity index (χ3n) is 2.73. The van der Waals surface area contributed by atoms with Crippen molar-refractivity contribution in [3.8, 4) is 0 Å². The minimum atomic E-state index is -0.965. The van der Waals surface area contributed by atoms with Crippen molar-refractivity contribution in [1.82, 2.24) is 4.98 Å². The molecule has 1 heterocycles. The van der Waals surface area contributed by atoms with Crippen LogP contribution < -0.4 is 5.32 Å². The molecule has 1 aromatic heterocycles. The summed E-state index contributed by atoms with van der Waals surface area (Å²) < 4.78 is 0.860. The molecule has 0 fully saturated rings. The maximum Gasteiger partial charge on any atom is 0.338 e. The van der Waals surface area contributed by atoms with Crippen LogP contribution in [-0.2, 0) is 0 Å². The van der Waals surface area contributed by atoms with Crippen LogP contribution in [0.3, 0.4) is 0 Å². The van der Waals surface area contributed by atoms with E-state index in [4.69, 9.17) is 0 Å². The molecule has 0 aliphatic rings. The van der Waals surface area contributed by atoms with E-state index in [9.17, 15) is 9.90 Å². The van der Waals surface area contributed by atoms with Gasteiger partial charge in [-0.3, -0.25) is 0 Å². The summed E-state index contributed by atoms with van der Waals surface area (Å²) in [4.78, 5) is 15.4. The number of hydrogen-bond acceptors (Lipinski definition) is 4. The van der Waals surface area contributed by atoms with Gasteiger partial charge >= 0.3 is 5.97 Å². The van der Waals surface area contributed by atoms with Crippen molar-refractivity contribution < 1.29 is 9.90 Å². The molecule has 2 N–H and O–H groups in total. The fourth-order valence-corrected chi connectivity index (χ4v) is 2.63. The van der Waals surface area contributed by atoms with E-state index in [2.05, 4.69) is 10.3 Å². The smallest absolute Gasteiger partial charge is 0.338 e. The quantitative estimate of drug-likeness (QED) is 0.761. The molecule has 0 saturated carbocycles. The Bertz CT molecular complexity index is 738. The molecule has 94 valence electrons. The lowest BCUT2D eigenvalue weighted by atomic mass is 10.1. The van der Waals surface area contributed by atoms with E-state index < -0.39 is 5.97 Å². The van der Waals surface area contributed by atoms with Crippen molar-refractivity contribution in [3.63, 3.8) is 0 Å². The Morgan fingerprint density at radius 1 is 1.16 bits per heavy atom. The molecule has 0 atom stereocenters. The van der Waals surface area contributed by atoms with Gasteiger partial charge < -0.3 is 10.4 Å². The van der Waals surface area contributed by atoms with Gasteiger partial charge in [0.1, 0.15) is 0 Å². The highest BCUT2D eigenvalue weighted by Crippen LogP contribution is 2.28. The van der Waals surface area contributed by atoms with Crippen LogP contribution >= 0.6 is 11.3 Å². The first-order valence-electron chi connectivity index (χ1n) is 5.66. The lowest BCUT2D eigenvalue weighted by Gasteiger charge is -2.07. The van der Waals surface area contributed by atoms with Gasteiger partial charge in [-0.15, -0.1) is 11.3 Å². The number of anilines is 2. The molecule has 0 unspecified atom stereocenters. The van der Waals surface area contributed by atoms with E-state index in [1.807, 2.05) is 36.4 Å². The fourth-order valence-electron chi connectivity index (χ4n) is 1.89. The number of rotatable bonds is 3. The largest absolute Gasteiger partial charge is 0.478 e. The summed E-state index contributed by atoms with van der Waals surface area (Å²) in [5, 5.41) is 12.4. The van der Waals surface area contributed by atoms with Gasteiger partial charge in [-0.25, -0.2) is 9.78 Å². The number of carboxylic acid groups (broad SMARTS) is 1. The fraction of sp³-hybridized carbons (Fsp3) is 0. The van der Waals surface area contributed by atoms with E-state index >= 15 is 0 Å². The number of carbonyl (C=O) groups is 1. The van der Waals surface area contributed by atoms with Crippen LogP contribution in [-0.4, -0.2) is 16.1 Å². The van der Waals surface area contributed by atoms with Crippen molar-refractivity contribution in [3.05, 3.63) is 53.5 Å². The summed E-state index contributed by atoms with van der Waals surface area (Å²) in [6, 6.07) is 13.1. The number of para-hydroxylation sites is 1. The zero-order valence-corrected chi connectivity index (χ0v) is 10.6. The number of thiazole rings is 1. The van der Waals surface area contributed by atoms with E-state index in [-0.39, 0.29) is 5.56 Å². The number of fused-ring (bicyclic) bond motifs is 1. The molecule has 4 nitrogen and oxygen atoms in total. The number of hydrogen-bond donors (Lipinski definition) is 2. The molecule has 2 aromatic carbocycles. The lowest BCUT2D eigenvalue weighted by Crippen LogP contribution is -1.99. The van der Waals surface area contributed by atoms with E-state index in [0.717, 1.165) is 16.1 Å². The number of carboxylic acids is 1. The predicted octanol–water partition coefficient (Wildman–Crippen LogP) is 3.74. The molecule has 3 rings (SSSR count). The molecule has 0 saturated heterocycles. The van der Waals surface area contributed by atoms with Gasteiger partial charge in [-0.2, -0.15) is 0 Å². The third kappa shape index (κ3) is 2.28. The second-order valence-corrected chi connectivity index (χ2v) is 4.91. The van der Waals surface area contributed by atoms with Crippen molar-refractivity contribution in [1.29, 1.82) is 0 Å². The average molecular weight is 270 g/mol. The van der Waals surface area contributed by atoms with Crippen LogP contribution in [0, 0.1) is 0 Å². The topological polar surface area (TPSA) is 62.2 Å². The zero-order valence-electron chi connectivity index (χ0n) is 9.83. The first-order chi connectivity index (χ1) is 9.24. The van der Waals surface area contributed by atoms with Gasteiger partial charge in [0.2, 0.25) is 0 Å². The SMILES string of the molecule is O=C(O)c1cc(Nc2ccccc2)cc2scnc12. The van der Waals surface area contributed by atoms with E-state index in [0.29, 0.717) is 5.52 Å². The second-order valence-electron chi connectivity index (χ2n) is 4.02. The summed E-state index contributed by atoms with van der Waals surface area (Å²) in [5.74, 6) is -0.965. The normalized spacial score (nSPS) is 10.5. The first-order valence-corrected chi connectivity index (χ1v) is 6.54. The van der Waals surface area contributed by atoms with Crippen molar-refractivity contribution in [2.24, 2.45) is 0 Å². The van der Waals surface area contributed by atoms with Gasteiger partial charge in [0.15, 0.2) is 0 Å². The number of nitrogens with zero attached hydrogens (tertiary/aromatic N) is 1. The maximum absolute atomic E-state index is 11.3. The Hall–Kier alpha value is -2.40. The third-order valence-corrected chi connectivity index (χ3v) is 3.51. The second kappa shape index (κ2) is 4.70. The minimum absolute atomic E-state index is 0.220. The molecular weight excluding hydrogens is 260 g/mol. The summed E-state index contributed by atoms with van der Waals surface area (Å²) in [7, 11) is 0. The minimum Gasteiger partial charge on any atom is -0.478 e. The Morgan fingerprint density at radius 3 is 2.68 bits per heavy atom. The van der Waals surface area contributed by atoms with Crippen LogP contribution in [0.4, 0.5) is 11.4 Å². The summed E-state index contributed by atoms with van der Waals surface area (Å²) >= 11 is 1.43. The molecule has 0 aliphatic heterocycles. The molecule has 3 aromatic rings. The summed E-state index contributed by atoms with van der Waals surface area (Å²) in [5.41, 5.74) is 4.08. The van der Waals surface area contributed by atoms with Crippen molar-refractivity contribution >= 4 is 38.9 Å². The summed E-state index contributed by atoms with van der Waals surface area (Å²) in [6.45, 7) is 0. The standard InChI is InChI=1S/C14H10N2O2S/c17-14(18)11-6-10(7-12-13(11)15-8-19-12)16-9-4-2-1-3-5-9/h1-8,16H,(H,17,18). The lowest BCUT2D eigenvalue weighted by molar-refractivity contribution is 0.0699. The Labute approximate surface area is 113 Å². The average Bonchev–Trinajstić information content (AvgIpc) is 2.87. The zero-order chi connectivity index (χ0) is 13.2. The highest BCUT2D eigenvalue weighted by atomic mass is 32.1. The Morgan fingerprint density at radius 2 is 1.95 bits per heavy atom.